The van der Waals surface area contributed by atoms with E-state index in [-0.39, 0.29) is 4.34 Å². The lowest BCUT2D eigenvalue weighted by Gasteiger charge is -2.14. The van der Waals surface area contributed by atoms with Gasteiger partial charge in [-0.25, -0.2) is 23.5 Å². The Morgan fingerprint density at radius 1 is 1.41 bits per heavy atom. The Morgan fingerprint density at radius 2 is 2.17 bits per heavy atom. The number of alkyl halides is 1. The summed E-state index contributed by atoms with van der Waals surface area (Å²) in [6.45, 7) is 3.13. The number of nitrogens with zero attached hydrogens (tertiary/aromatic N) is 3. The second kappa shape index (κ2) is 7.08. The number of carbonyl (C=O) groups is 1. The molecule has 4 rings (SSSR count). The number of hydrogen-bond acceptors (Lipinski definition) is 6. The minimum absolute atomic E-state index is 0.0428. The van der Waals surface area contributed by atoms with E-state index in [4.69, 9.17) is 5.14 Å². The van der Waals surface area contributed by atoms with Crippen LogP contribution in [0.5, 0.6) is 0 Å². The van der Waals surface area contributed by atoms with Crippen LogP contribution in [0.2, 0.25) is 0 Å². The van der Waals surface area contributed by atoms with Crippen LogP contribution in [0.25, 0.3) is 0 Å². The lowest BCUT2D eigenvalue weighted by Crippen LogP contribution is -2.19. The van der Waals surface area contributed by atoms with Crippen LogP contribution in [0.1, 0.15) is 60.3 Å². The number of rotatable bonds is 3. The Balaban J connectivity index is 1.66. The van der Waals surface area contributed by atoms with Gasteiger partial charge in [0, 0.05) is 17.5 Å². The van der Waals surface area contributed by atoms with E-state index < -0.39 is 27.7 Å². The molecule has 156 valence electrons. The van der Waals surface area contributed by atoms with Crippen molar-refractivity contribution in [1.29, 1.82) is 0 Å². The summed E-state index contributed by atoms with van der Waals surface area (Å²) in [6, 6.07) is -0.873. The number of aliphatic hydroxyl groups is 1. The third kappa shape index (κ3) is 3.79. The number of amides is 2. The number of hydrogen-bond donors (Lipinski definition) is 3. The first-order chi connectivity index (χ1) is 13.6. The van der Waals surface area contributed by atoms with Gasteiger partial charge in [0.05, 0.1) is 21.9 Å². The van der Waals surface area contributed by atoms with E-state index in [9.17, 15) is 18.5 Å². The first-order valence-corrected chi connectivity index (χ1v) is 11.7. The molecule has 2 amide bonds. The zero-order valence-corrected chi connectivity index (χ0v) is 17.7. The maximum Gasteiger partial charge on any atom is 0.354 e. The van der Waals surface area contributed by atoms with Crippen LogP contribution in [0.4, 0.5) is 14.9 Å². The molecule has 4 N–H and O–H groups in total. The molecule has 2 aromatic heterocycles. The molecule has 8 nitrogen and oxygen atoms in total. The minimum atomic E-state index is -3.59. The molecule has 0 aromatic carbocycles. The third-order valence-electron chi connectivity index (χ3n) is 5.09. The van der Waals surface area contributed by atoms with E-state index in [0.29, 0.717) is 34.7 Å². The number of nitrogens with one attached hydrogen (secondary N) is 1. The molecule has 2 aromatic rings. The Bertz CT molecular complexity index is 1120. The number of aryl methyl sites for hydroxylation is 1. The number of carbonyl (C=O) groups excluding carboxylic acids is 1. The molecule has 0 saturated heterocycles. The molecule has 2 aliphatic carbocycles. The highest BCUT2D eigenvalue weighted by Crippen LogP contribution is 2.42. The van der Waals surface area contributed by atoms with Crippen molar-refractivity contribution in [2.75, 3.05) is 5.32 Å². The van der Waals surface area contributed by atoms with Crippen molar-refractivity contribution in [2.24, 2.45) is 9.50 Å². The van der Waals surface area contributed by atoms with E-state index >= 15 is 0 Å². The zero-order chi connectivity index (χ0) is 21.0. The summed E-state index contributed by atoms with van der Waals surface area (Å²) in [4.78, 5) is 21.4. The Hall–Kier alpha value is -1.95. The molecule has 0 spiro atoms. The third-order valence-corrected chi connectivity index (χ3v) is 8.20. The van der Waals surface area contributed by atoms with Gasteiger partial charge in [0.15, 0.2) is 9.92 Å². The highest BCUT2D eigenvalue weighted by molar-refractivity contribution is 7.93. The normalized spacial score (nSPS) is 20.1. The van der Waals surface area contributed by atoms with Crippen LogP contribution in [0, 0.1) is 0 Å². The predicted octanol–water partition coefficient (Wildman–Crippen LogP) is 3.14. The molecule has 2 heterocycles. The lowest BCUT2D eigenvalue weighted by atomic mass is 10.1. The molecule has 0 bridgehead atoms. The SMILES string of the molecule is CC(C)(O)c1cnc(S(N)(=O)=NC(=O)Nc2c3c(nc4c2CCC4F)CCC3)s1. The summed E-state index contributed by atoms with van der Waals surface area (Å²) < 4.78 is 30.6. The highest BCUT2D eigenvalue weighted by atomic mass is 32.2. The van der Waals surface area contributed by atoms with Crippen molar-refractivity contribution in [3.8, 4) is 0 Å². The van der Waals surface area contributed by atoms with Crippen molar-refractivity contribution in [3.05, 3.63) is 33.6 Å². The smallest absolute Gasteiger partial charge is 0.354 e. The van der Waals surface area contributed by atoms with E-state index in [1.54, 1.807) is 13.8 Å². The predicted molar refractivity (Wildman–Crippen MR) is 108 cm³/mol. The van der Waals surface area contributed by atoms with Gasteiger partial charge in [-0.2, -0.15) is 0 Å². The summed E-state index contributed by atoms with van der Waals surface area (Å²) in [5.74, 6) is 0. The van der Waals surface area contributed by atoms with Crippen LogP contribution in [-0.2, 0) is 34.8 Å². The molecule has 2 unspecified atom stereocenters. The molecule has 2 aliphatic rings. The Morgan fingerprint density at radius 3 is 2.86 bits per heavy atom. The average molecular weight is 440 g/mol. The number of fused-ring (bicyclic) bond motifs is 2. The summed E-state index contributed by atoms with van der Waals surface area (Å²) in [6.07, 6.45) is 3.39. The first-order valence-electron chi connectivity index (χ1n) is 9.29. The van der Waals surface area contributed by atoms with Crippen LogP contribution >= 0.6 is 11.3 Å². The fraction of sp³-hybridized carbons (Fsp3) is 0.500. The number of thiazole rings is 1. The number of urea groups is 1. The van der Waals surface area contributed by atoms with Crippen LogP contribution in [0.15, 0.2) is 14.9 Å². The highest BCUT2D eigenvalue weighted by Gasteiger charge is 2.32. The second-order valence-electron chi connectivity index (χ2n) is 7.78. The van der Waals surface area contributed by atoms with Crippen molar-refractivity contribution >= 4 is 33.0 Å². The van der Waals surface area contributed by atoms with Gasteiger partial charge < -0.3 is 10.4 Å². The van der Waals surface area contributed by atoms with Crippen molar-refractivity contribution in [2.45, 2.75) is 62.1 Å². The van der Waals surface area contributed by atoms with E-state index in [1.165, 1.54) is 6.20 Å². The fourth-order valence-corrected chi connectivity index (χ4v) is 5.76. The van der Waals surface area contributed by atoms with E-state index in [1.807, 2.05) is 0 Å². The van der Waals surface area contributed by atoms with Gasteiger partial charge in [-0.1, -0.05) is 0 Å². The average Bonchev–Trinajstić information content (AvgIpc) is 3.33. The van der Waals surface area contributed by atoms with Crippen molar-refractivity contribution in [1.82, 2.24) is 9.97 Å². The summed E-state index contributed by atoms with van der Waals surface area (Å²) in [5.41, 5.74) is 2.11. The maximum absolute atomic E-state index is 14.2. The maximum atomic E-state index is 14.2. The van der Waals surface area contributed by atoms with Gasteiger partial charge in [0.1, 0.15) is 6.17 Å². The molecule has 0 radical (unpaired) electrons. The summed E-state index contributed by atoms with van der Waals surface area (Å²) in [7, 11) is -3.59. The molecule has 0 fully saturated rings. The molecular formula is C18H22FN5O3S2. The van der Waals surface area contributed by atoms with Crippen LogP contribution in [0.3, 0.4) is 0 Å². The largest absolute Gasteiger partial charge is 0.385 e. The Labute approximate surface area is 172 Å². The zero-order valence-electron chi connectivity index (χ0n) is 16.1. The van der Waals surface area contributed by atoms with Crippen LogP contribution in [-0.4, -0.2) is 25.3 Å². The molecule has 29 heavy (non-hydrogen) atoms. The lowest BCUT2D eigenvalue weighted by molar-refractivity contribution is 0.0823. The van der Waals surface area contributed by atoms with Crippen LogP contribution < -0.4 is 10.5 Å². The minimum Gasteiger partial charge on any atom is -0.385 e. The molecular weight excluding hydrogens is 417 g/mol. The first kappa shape index (κ1) is 20.3. The molecule has 11 heteroatoms. The van der Waals surface area contributed by atoms with Crippen molar-refractivity contribution in [3.63, 3.8) is 0 Å². The van der Waals surface area contributed by atoms with E-state index in [2.05, 4.69) is 19.6 Å². The molecule has 2 atom stereocenters. The van der Waals surface area contributed by atoms with Gasteiger partial charge in [-0.15, -0.1) is 15.7 Å². The monoisotopic (exact) mass is 439 g/mol. The van der Waals surface area contributed by atoms with Gasteiger partial charge in [0.2, 0.25) is 4.34 Å². The van der Waals surface area contributed by atoms with Crippen molar-refractivity contribution < 1.29 is 18.5 Å². The topological polar surface area (TPSA) is 131 Å². The molecule has 0 saturated carbocycles. The standard InChI is InChI=1S/C18H22FN5O3S2/c1-18(2,26)13-8-21-17(28-13)29(20,27)24-16(25)23-14-9-4-3-5-12(9)22-15-10(14)6-7-11(15)19/h8,11,26H,3-7H2,1-2H3,(H3,20,22,23,24,25,27). The number of anilines is 1. The summed E-state index contributed by atoms with van der Waals surface area (Å²) >= 11 is 0.941. The molecule has 0 aliphatic heterocycles. The number of aromatic nitrogens is 2. The Kier molecular flexibility index (Phi) is 4.96. The van der Waals surface area contributed by atoms with E-state index in [0.717, 1.165) is 41.9 Å². The number of halogens is 1. The summed E-state index contributed by atoms with van der Waals surface area (Å²) in [5, 5.41) is 18.5. The number of pyridine rings is 1. The van der Waals surface area contributed by atoms with Gasteiger partial charge in [-0.05, 0) is 51.5 Å². The van der Waals surface area contributed by atoms with Gasteiger partial charge >= 0.3 is 6.03 Å². The second-order valence-corrected chi connectivity index (χ2v) is 10.8. The fourth-order valence-electron chi connectivity index (χ4n) is 3.68. The van der Waals surface area contributed by atoms with Gasteiger partial charge in [-0.3, -0.25) is 4.98 Å². The van der Waals surface area contributed by atoms with Gasteiger partial charge in [0.25, 0.3) is 0 Å². The number of nitrogens with two attached hydrogens (primary N) is 1. The quantitative estimate of drug-likeness (QED) is 0.676.